The molecule has 1 aliphatic rings. The maximum absolute atomic E-state index is 12.0. The van der Waals surface area contributed by atoms with Gasteiger partial charge < -0.3 is 5.11 Å². The van der Waals surface area contributed by atoms with Gasteiger partial charge in [-0.05, 0) is 31.1 Å². The number of nitrogens with one attached hydrogen (secondary N) is 1. The number of hydrogen-bond acceptors (Lipinski definition) is 3. The van der Waals surface area contributed by atoms with Gasteiger partial charge in [-0.2, -0.15) is 0 Å². The molecule has 0 saturated heterocycles. The van der Waals surface area contributed by atoms with E-state index in [9.17, 15) is 14.7 Å². The molecule has 0 aromatic carbocycles. The number of hydrogen-bond donors (Lipinski definition) is 2. The Morgan fingerprint density at radius 2 is 1.90 bits per heavy atom. The van der Waals surface area contributed by atoms with Crippen LogP contribution in [0.5, 0.6) is 5.88 Å². The summed E-state index contributed by atoms with van der Waals surface area (Å²) >= 11 is 0. The molecule has 0 radical (unpaired) electrons. The van der Waals surface area contributed by atoms with Gasteiger partial charge in [0.2, 0.25) is 5.88 Å². The standard InChI is InChI=1S/C15H24N2O3/c1-3-7-11-12(18)16-14(20)17(13(11)19)10-15(4-2)8-5-6-9-15/h19H,3-10H2,1-2H3,(H,16,18,20). The predicted octanol–water partition coefficient (Wildman–Crippen LogP) is 2.17. The Morgan fingerprint density at radius 3 is 2.45 bits per heavy atom. The molecule has 0 unspecified atom stereocenters. The van der Waals surface area contributed by atoms with Crippen LogP contribution < -0.4 is 11.2 Å². The summed E-state index contributed by atoms with van der Waals surface area (Å²) in [6, 6.07) is 0. The van der Waals surface area contributed by atoms with Gasteiger partial charge in [-0.1, -0.05) is 33.1 Å². The van der Waals surface area contributed by atoms with Crippen molar-refractivity contribution in [3.05, 3.63) is 26.4 Å². The highest BCUT2D eigenvalue weighted by Crippen LogP contribution is 2.42. The van der Waals surface area contributed by atoms with Crippen LogP contribution in [0.25, 0.3) is 0 Å². The van der Waals surface area contributed by atoms with Crippen LogP contribution in [0.1, 0.15) is 57.9 Å². The molecule has 2 N–H and O–H groups in total. The molecule has 1 aromatic rings. The molecule has 1 fully saturated rings. The minimum Gasteiger partial charge on any atom is -0.494 e. The predicted molar refractivity (Wildman–Crippen MR) is 78.2 cm³/mol. The molecule has 0 aliphatic heterocycles. The second-order valence-corrected chi connectivity index (χ2v) is 5.96. The maximum atomic E-state index is 12.0. The van der Waals surface area contributed by atoms with Gasteiger partial charge in [0.25, 0.3) is 5.56 Å². The lowest BCUT2D eigenvalue weighted by Gasteiger charge is -2.28. The average molecular weight is 280 g/mol. The molecule has 1 aromatic heterocycles. The molecule has 2 rings (SSSR count). The van der Waals surface area contributed by atoms with Crippen molar-refractivity contribution < 1.29 is 5.11 Å². The summed E-state index contributed by atoms with van der Waals surface area (Å²) in [5.74, 6) is -0.139. The zero-order chi connectivity index (χ0) is 14.8. The molecule has 5 nitrogen and oxygen atoms in total. The van der Waals surface area contributed by atoms with Crippen molar-refractivity contribution in [2.75, 3.05) is 0 Å². The summed E-state index contributed by atoms with van der Waals surface area (Å²) in [5.41, 5.74) is -0.533. The normalized spacial score (nSPS) is 17.5. The topological polar surface area (TPSA) is 75.1 Å². The highest BCUT2D eigenvalue weighted by atomic mass is 16.3. The van der Waals surface area contributed by atoms with Crippen LogP contribution in [0, 0.1) is 5.41 Å². The molecule has 0 amide bonds. The van der Waals surface area contributed by atoms with Crippen LogP contribution in [0.15, 0.2) is 9.59 Å². The Morgan fingerprint density at radius 1 is 1.25 bits per heavy atom. The molecule has 5 heteroatoms. The third kappa shape index (κ3) is 2.67. The number of rotatable bonds is 5. The van der Waals surface area contributed by atoms with Crippen molar-refractivity contribution in [2.45, 2.75) is 65.3 Å². The van der Waals surface area contributed by atoms with E-state index in [1.54, 1.807) is 0 Å². The van der Waals surface area contributed by atoms with E-state index in [-0.39, 0.29) is 11.3 Å². The van der Waals surface area contributed by atoms with Crippen LogP contribution in [0.3, 0.4) is 0 Å². The van der Waals surface area contributed by atoms with Crippen LogP contribution in [0.4, 0.5) is 0 Å². The van der Waals surface area contributed by atoms with Gasteiger partial charge in [0, 0.05) is 6.54 Å². The SMILES string of the molecule is CCCc1c(O)n(CC2(CC)CCCC2)c(=O)[nH]c1=O. The highest BCUT2D eigenvalue weighted by molar-refractivity contribution is 5.23. The number of aromatic amines is 1. The van der Waals surface area contributed by atoms with Gasteiger partial charge in [0.1, 0.15) is 0 Å². The van der Waals surface area contributed by atoms with Crippen molar-refractivity contribution in [1.29, 1.82) is 0 Å². The molecular formula is C15H24N2O3. The van der Waals surface area contributed by atoms with Gasteiger partial charge in [-0.15, -0.1) is 0 Å². The first-order valence-electron chi connectivity index (χ1n) is 7.58. The lowest BCUT2D eigenvalue weighted by Crippen LogP contribution is -2.36. The lowest BCUT2D eigenvalue weighted by molar-refractivity contribution is 0.218. The van der Waals surface area contributed by atoms with Crippen molar-refractivity contribution >= 4 is 0 Å². The van der Waals surface area contributed by atoms with Crippen molar-refractivity contribution in [1.82, 2.24) is 9.55 Å². The Hall–Kier alpha value is -1.52. The van der Waals surface area contributed by atoms with Crippen LogP contribution in [-0.2, 0) is 13.0 Å². The van der Waals surface area contributed by atoms with E-state index in [1.807, 2.05) is 6.92 Å². The minimum atomic E-state index is -0.493. The van der Waals surface area contributed by atoms with E-state index in [1.165, 1.54) is 17.4 Å². The Bertz CT molecular complexity index is 580. The summed E-state index contributed by atoms with van der Waals surface area (Å²) in [5, 5.41) is 10.3. The lowest BCUT2D eigenvalue weighted by atomic mass is 9.83. The maximum Gasteiger partial charge on any atom is 0.331 e. The Kier molecular flexibility index (Phi) is 4.35. The molecule has 0 spiro atoms. The van der Waals surface area contributed by atoms with Crippen molar-refractivity contribution in [3.63, 3.8) is 0 Å². The van der Waals surface area contributed by atoms with E-state index >= 15 is 0 Å². The third-order valence-electron chi connectivity index (χ3n) is 4.67. The molecule has 1 heterocycles. The second-order valence-electron chi connectivity index (χ2n) is 5.96. The fourth-order valence-corrected chi connectivity index (χ4v) is 3.31. The fraction of sp³-hybridized carbons (Fsp3) is 0.733. The zero-order valence-electron chi connectivity index (χ0n) is 12.4. The molecule has 20 heavy (non-hydrogen) atoms. The molecule has 1 aliphatic carbocycles. The summed E-state index contributed by atoms with van der Waals surface area (Å²) in [6.45, 7) is 4.58. The first kappa shape index (κ1) is 14.9. The van der Waals surface area contributed by atoms with Gasteiger partial charge >= 0.3 is 5.69 Å². The van der Waals surface area contributed by atoms with Gasteiger partial charge in [-0.3, -0.25) is 14.3 Å². The van der Waals surface area contributed by atoms with Crippen LogP contribution in [0.2, 0.25) is 0 Å². The summed E-state index contributed by atoms with van der Waals surface area (Å²) in [7, 11) is 0. The van der Waals surface area contributed by atoms with E-state index < -0.39 is 11.2 Å². The van der Waals surface area contributed by atoms with E-state index in [2.05, 4.69) is 11.9 Å². The van der Waals surface area contributed by atoms with Crippen molar-refractivity contribution in [2.24, 2.45) is 5.41 Å². The third-order valence-corrected chi connectivity index (χ3v) is 4.67. The van der Waals surface area contributed by atoms with Gasteiger partial charge in [0.15, 0.2) is 0 Å². The van der Waals surface area contributed by atoms with E-state index in [4.69, 9.17) is 0 Å². The molecular weight excluding hydrogens is 256 g/mol. The summed E-state index contributed by atoms with van der Waals surface area (Å²) in [4.78, 5) is 26.1. The van der Waals surface area contributed by atoms with Gasteiger partial charge in [-0.25, -0.2) is 4.79 Å². The van der Waals surface area contributed by atoms with Crippen molar-refractivity contribution in [3.8, 4) is 5.88 Å². The first-order valence-corrected chi connectivity index (χ1v) is 7.58. The zero-order valence-corrected chi connectivity index (χ0v) is 12.4. The monoisotopic (exact) mass is 280 g/mol. The molecule has 1 saturated carbocycles. The summed E-state index contributed by atoms with van der Waals surface area (Å²) < 4.78 is 1.36. The first-order chi connectivity index (χ1) is 9.53. The van der Waals surface area contributed by atoms with Crippen LogP contribution in [-0.4, -0.2) is 14.7 Å². The second kappa shape index (κ2) is 5.85. The smallest absolute Gasteiger partial charge is 0.331 e. The molecule has 0 bridgehead atoms. The van der Waals surface area contributed by atoms with Gasteiger partial charge in [0.05, 0.1) is 5.56 Å². The summed E-state index contributed by atoms with van der Waals surface area (Å²) in [6.07, 6.45) is 6.74. The Balaban J connectivity index is 2.43. The minimum absolute atomic E-state index is 0.0863. The number of aromatic nitrogens is 2. The average Bonchev–Trinajstić information content (AvgIpc) is 2.89. The Labute approximate surface area is 118 Å². The number of H-pyrrole nitrogens is 1. The van der Waals surface area contributed by atoms with E-state index in [0.29, 0.717) is 18.5 Å². The van der Waals surface area contributed by atoms with Crippen LogP contribution >= 0.6 is 0 Å². The largest absolute Gasteiger partial charge is 0.494 e. The number of nitrogens with zero attached hydrogens (tertiary/aromatic N) is 1. The molecule has 0 atom stereocenters. The number of aromatic hydroxyl groups is 1. The molecule has 112 valence electrons. The quantitative estimate of drug-likeness (QED) is 0.868. The van der Waals surface area contributed by atoms with E-state index in [0.717, 1.165) is 25.7 Å². The fourth-order valence-electron chi connectivity index (χ4n) is 3.31. The highest BCUT2D eigenvalue weighted by Gasteiger charge is 2.33.